The van der Waals surface area contributed by atoms with E-state index in [-0.39, 0.29) is 5.91 Å². The molecule has 11 heavy (non-hydrogen) atoms. The molecule has 0 fully saturated rings. The van der Waals surface area contributed by atoms with Gasteiger partial charge in [0.25, 0.3) is 0 Å². The van der Waals surface area contributed by atoms with Gasteiger partial charge in [-0.3, -0.25) is 14.9 Å². The van der Waals surface area contributed by atoms with Crippen LogP contribution in [0.25, 0.3) is 0 Å². The van der Waals surface area contributed by atoms with Crippen LogP contribution in [0.15, 0.2) is 18.5 Å². The average molecular weight is 149 g/mol. The monoisotopic (exact) mass is 149 g/mol. The Morgan fingerprint density at radius 2 is 2.55 bits per heavy atom. The molecule has 0 saturated carbocycles. The van der Waals surface area contributed by atoms with Crippen molar-refractivity contribution in [2.75, 3.05) is 5.43 Å². The Morgan fingerprint density at radius 1 is 1.82 bits per heavy atom. The summed E-state index contributed by atoms with van der Waals surface area (Å²) >= 11 is 0. The van der Waals surface area contributed by atoms with Gasteiger partial charge in [0.15, 0.2) is 0 Å². The maximum absolute atomic E-state index is 10.5. The molecule has 0 atom stereocenters. The average Bonchev–Trinajstić information content (AvgIpc) is 2.34. The van der Waals surface area contributed by atoms with E-state index in [0.29, 0.717) is 5.56 Å². The van der Waals surface area contributed by atoms with Crippen molar-refractivity contribution in [3.8, 4) is 6.07 Å². The molecule has 0 aliphatic carbocycles. The second-order valence-corrected chi connectivity index (χ2v) is 2.09. The highest BCUT2D eigenvalue weighted by Gasteiger charge is 1.94. The van der Waals surface area contributed by atoms with Crippen LogP contribution in [0, 0.1) is 11.3 Å². The highest BCUT2D eigenvalue weighted by Crippen LogP contribution is 1.95. The molecule has 0 bridgehead atoms. The number of rotatable bonds is 1. The van der Waals surface area contributed by atoms with Crippen molar-refractivity contribution in [3.05, 3.63) is 24.0 Å². The topological polar surface area (TPSA) is 57.8 Å². The molecule has 0 aromatic carbocycles. The molecule has 1 N–H and O–H groups in total. The van der Waals surface area contributed by atoms with Crippen LogP contribution in [0.5, 0.6) is 0 Å². The maximum Gasteiger partial charge on any atom is 0.235 e. The van der Waals surface area contributed by atoms with Crippen molar-refractivity contribution in [3.63, 3.8) is 0 Å². The molecule has 1 heterocycles. The van der Waals surface area contributed by atoms with E-state index in [1.54, 1.807) is 18.5 Å². The summed E-state index contributed by atoms with van der Waals surface area (Å²) in [6.07, 6.45) is 3.15. The Kier molecular flexibility index (Phi) is 1.93. The second kappa shape index (κ2) is 2.88. The standard InChI is InChI=1S/C7H7N3O/c1-6(11)9-10-3-2-7(4-8)5-10/h2-3,5H,1H3,(H,9,11). The Morgan fingerprint density at radius 3 is 3.00 bits per heavy atom. The van der Waals surface area contributed by atoms with Gasteiger partial charge in [0.1, 0.15) is 6.07 Å². The number of hydrogen-bond acceptors (Lipinski definition) is 2. The van der Waals surface area contributed by atoms with Gasteiger partial charge in [-0.1, -0.05) is 0 Å². The lowest BCUT2D eigenvalue weighted by molar-refractivity contribution is -0.115. The first-order valence-electron chi connectivity index (χ1n) is 3.08. The number of hydrogen-bond donors (Lipinski definition) is 1. The molecule has 1 aromatic heterocycles. The van der Waals surface area contributed by atoms with Crippen LogP contribution in [0.1, 0.15) is 12.5 Å². The van der Waals surface area contributed by atoms with Crippen LogP contribution < -0.4 is 5.43 Å². The summed E-state index contributed by atoms with van der Waals surface area (Å²) in [5, 5.41) is 8.41. The van der Waals surface area contributed by atoms with Crippen molar-refractivity contribution < 1.29 is 4.79 Å². The van der Waals surface area contributed by atoms with Crippen LogP contribution >= 0.6 is 0 Å². The quantitative estimate of drug-likeness (QED) is 0.630. The second-order valence-electron chi connectivity index (χ2n) is 2.09. The molecule has 4 heteroatoms. The van der Waals surface area contributed by atoms with Gasteiger partial charge in [0.05, 0.1) is 5.56 Å². The number of nitrogens with zero attached hydrogens (tertiary/aromatic N) is 2. The maximum atomic E-state index is 10.5. The normalized spacial score (nSPS) is 8.73. The zero-order chi connectivity index (χ0) is 8.27. The number of nitriles is 1. The lowest BCUT2D eigenvalue weighted by atomic mass is 10.4. The molecule has 0 aliphatic heterocycles. The molecule has 4 nitrogen and oxygen atoms in total. The highest BCUT2D eigenvalue weighted by molar-refractivity contribution is 5.80. The van der Waals surface area contributed by atoms with E-state index in [4.69, 9.17) is 5.26 Å². The number of nitrogens with one attached hydrogen (secondary N) is 1. The summed E-state index contributed by atoms with van der Waals surface area (Å²) in [7, 11) is 0. The summed E-state index contributed by atoms with van der Waals surface area (Å²) in [4.78, 5) is 10.5. The smallest absolute Gasteiger partial charge is 0.235 e. The minimum Gasteiger partial charge on any atom is -0.274 e. The predicted octanol–water partition coefficient (Wildman–Crippen LogP) is 0.450. The van der Waals surface area contributed by atoms with E-state index in [1.807, 2.05) is 6.07 Å². The zero-order valence-electron chi connectivity index (χ0n) is 6.03. The van der Waals surface area contributed by atoms with E-state index in [0.717, 1.165) is 0 Å². The summed E-state index contributed by atoms with van der Waals surface area (Å²) in [5.41, 5.74) is 3.01. The fourth-order valence-corrected chi connectivity index (χ4v) is 0.714. The van der Waals surface area contributed by atoms with Crippen LogP contribution in [0.2, 0.25) is 0 Å². The third-order valence-electron chi connectivity index (χ3n) is 1.11. The van der Waals surface area contributed by atoms with Gasteiger partial charge in [-0.25, -0.2) is 0 Å². The lowest BCUT2D eigenvalue weighted by Gasteiger charge is -1.99. The number of carbonyl (C=O) groups is 1. The van der Waals surface area contributed by atoms with Gasteiger partial charge in [0.2, 0.25) is 5.91 Å². The van der Waals surface area contributed by atoms with Crippen LogP contribution in [0.4, 0.5) is 0 Å². The fraction of sp³-hybridized carbons (Fsp3) is 0.143. The first-order valence-corrected chi connectivity index (χ1v) is 3.08. The van der Waals surface area contributed by atoms with E-state index in [1.165, 1.54) is 11.6 Å². The van der Waals surface area contributed by atoms with Crippen molar-refractivity contribution in [1.82, 2.24) is 4.68 Å². The zero-order valence-corrected chi connectivity index (χ0v) is 6.03. The van der Waals surface area contributed by atoms with Gasteiger partial charge < -0.3 is 0 Å². The Hall–Kier alpha value is -1.76. The molecular weight excluding hydrogens is 142 g/mol. The van der Waals surface area contributed by atoms with Gasteiger partial charge >= 0.3 is 0 Å². The summed E-state index contributed by atoms with van der Waals surface area (Å²) in [5.74, 6) is -0.162. The van der Waals surface area contributed by atoms with Gasteiger partial charge in [-0.05, 0) is 6.07 Å². The van der Waals surface area contributed by atoms with Crippen molar-refractivity contribution in [2.45, 2.75) is 6.92 Å². The van der Waals surface area contributed by atoms with Gasteiger partial charge in [-0.2, -0.15) is 5.26 Å². The summed E-state index contributed by atoms with van der Waals surface area (Å²) in [6.45, 7) is 1.41. The van der Waals surface area contributed by atoms with Crippen LogP contribution in [0.3, 0.4) is 0 Å². The van der Waals surface area contributed by atoms with Crippen molar-refractivity contribution in [1.29, 1.82) is 5.26 Å². The minimum absolute atomic E-state index is 0.162. The molecule has 1 aromatic rings. The molecule has 1 amide bonds. The molecular formula is C7H7N3O. The van der Waals surface area contributed by atoms with Gasteiger partial charge in [0, 0.05) is 19.3 Å². The lowest BCUT2D eigenvalue weighted by Crippen LogP contribution is -2.17. The van der Waals surface area contributed by atoms with E-state index in [2.05, 4.69) is 5.43 Å². The third-order valence-corrected chi connectivity index (χ3v) is 1.11. The number of aromatic nitrogens is 1. The summed E-state index contributed by atoms with van der Waals surface area (Å²) < 4.78 is 1.45. The van der Waals surface area contributed by atoms with Crippen LogP contribution in [-0.4, -0.2) is 10.6 Å². The van der Waals surface area contributed by atoms with Gasteiger partial charge in [-0.15, -0.1) is 0 Å². The first kappa shape index (κ1) is 7.35. The van der Waals surface area contributed by atoms with E-state index >= 15 is 0 Å². The molecule has 0 unspecified atom stereocenters. The molecule has 56 valence electrons. The molecule has 0 spiro atoms. The predicted molar refractivity (Wildman–Crippen MR) is 39.2 cm³/mol. The third kappa shape index (κ3) is 1.83. The number of carbonyl (C=O) groups excluding carboxylic acids is 1. The highest BCUT2D eigenvalue weighted by atomic mass is 16.2. The summed E-state index contributed by atoms with van der Waals surface area (Å²) in [6, 6.07) is 3.57. The Labute approximate surface area is 64.0 Å². The molecule has 0 aliphatic rings. The van der Waals surface area contributed by atoms with Crippen molar-refractivity contribution >= 4 is 5.91 Å². The Balaban J connectivity index is 2.75. The largest absolute Gasteiger partial charge is 0.274 e. The van der Waals surface area contributed by atoms with E-state index in [9.17, 15) is 4.79 Å². The molecule has 0 saturated heterocycles. The fourth-order valence-electron chi connectivity index (χ4n) is 0.714. The molecule has 0 radical (unpaired) electrons. The van der Waals surface area contributed by atoms with E-state index < -0.39 is 0 Å². The van der Waals surface area contributed by atoms with Crippen molar-refractivity contribution in [2.24, 2.45) is 0 Å². The van der Waals surface area contributed by atoms with Crippen LogP contribution in [-0.2, 0) is 4.79 Å². The Bertz CT molecular complexity index is 308. The molecule has 1 rings (SSSR count). The number of amides is 1. The first-order chi connectivity index (χ1) is 5.22. The minimum atomic E-state index is -0.162. The SMILES string of the molecule is CC(=O)Nn1ccc(C#N)c1.